The third-order valence-corrected chi connectivity index (χ3v) is 4.17. The van der Waals surface area contributed by atoms with Crippen LogP contribution in [0.25, 0.3) is 0 Å². The van der Waals surface area contributed by atoms with Gasteiger partial charge in [-0.25, -0.2) is 0 Å². The summed E-state index contributed by atoms with van der Waals surface area (Å²) in [7, 11) is 0. The summed E-state index contributed by atoms with van der Waals surface area (Å²) in [4.78, 5) is 23.5. The lowest BCUT2D eigenvalue weighted by molar-refractivity contribution is -0.143. The molecule has 1 saturated carbocycles. The third kappa shape index (κ3) is 5.36. The van der Waals surface area contributed by atoms with E-state index in [1.165, 1.54) is 0 Å². The van der Waals surface area contributed by atoms with Gasteiger partial charge in [-0.05, 0) is 50.8 Å². The van der Waals surface area contributed by atoms with Crippen molar-refractivity contribution in [1.29, 1.82) is 0 Å². The maximum absolute atomic E-state index is 12.4. The van der Waals surface area contributed by atoms with Crippen LogP contribution < -0.4 is 5.32 Å². The van der Waals surface area contributed by atoms with Gasteiger partial charge >= 0.3 is 5.97 Å². The number of carboxylic acids is 1. The molecule has 1 fully saturated rings. The van der Waals surface area contributed by atoms with Gasteiger partial charge in [-0.15, -0.1) is 0 Å². The minimum Gasteiger partial charge on any atom is -0.481 e. The molecule has 23 heavy (non-hydrogen) atoms. The highest BCUT2D eigenvalue weighted by molar-refractivity contribution is 5.93. The van der Waals surface area contributed by atoms with Gasteiger partial charge in [0.2, 0.25) is 5.91 Å². The molecule has 5 nitrogen and oxygen atoms in total. The van der Waals surface area contributed by atoms with Crippen molar-refractivity contribution in [2.75, 3.05) is 5.32 Å². The predicted molar refractivity (Wildman–Crippen MR) is 88.1 cm³/mol. The first-order valence-corrected chi connectivity index (χ1v) is 8.20. The van der Waals surface area contributed by atoms with E-state index in [1.807, 2.05) is 38.1 Å². The Balaban J connectivity index is 1.94. The number of carbonyl (C=O) groups is 2. The second-order valence-corrected chi connectivity index (χ2v) is 6.45. The number of rotatable bonds is 6. The van der Waals surface area contributed by atoms with Crippen LogP contribution in [0.1, 0.15) is 45.1 Å². The van der Waals surface area contributed by atoms with Crippen LogP contribution in [0.2, 0.25) is 0 Å². The zero-order valence-corrected chi connectivity index (χ0v) is 13.7. The quantitative estimate of drug-likeness (QED) is 0.842. The highest BCUT2D eigenvalue weighted by atomic mass is 16.5. The number of hydrogen-bond acceptors (Lipinski definition) is 3. The van der Waals surface area contributed by atoms with E-state index in [2.05, 4.69) is 5.32 Å². The lowest BCUT2D eigenvalue weighted by Crippen LogP contribution is -2.30. The topological polar surface area (TPSA) is 75.6 Å². The van der Waals surface area contributed by atoms with E-state index < -0.39 is 11.9 Å². The van der Waals surface area contributed by atoms with Crippen molar-refractivity contribution < 1.29 is 19.4 Å². The van der Waals surface area contributed by atoms with E-state index in [1.54, 1.807) is 0 Å². The van der Waals surface area contributed by atoms with Crippen LogP contribution >= 0.6 is 0 Å². The highest BCUT2D eigenvalue weighted by Gasteiger charge is 2.31. The summed E-state index contributed by atoms with van der Waals surface area (Å²) in [5, 5.41) is 12.0. The van der Waals surface area contributed by atoms with Crippen molar-refractivity contribution in [1.82, 2.24) is 0 Å². The van der Waals surface area contributed by atoms with Crippen LogP contribution in [-0.4, -0.2) is 23.1 Å². The zero-order chi connectivity index (χ0) is 16.8. The average molecular weight is 319 g/mol. The molecule has 2 atom stereocenters. The molecule has 0 spiro atoms. The van der Waals surface area contributed by atoms with E-state index in [0.29, 0.717) is 19.4 Å². The number of benzene rings is 1. The maximum atomic E-state index is 12.4. The van der Waals surface area contributed by atoms with Crippen molar-refractivity contribution in [2.24, 2.45) is 11.8 Å². The van der Waals surface area contributed by atoms with E-state index >= 15 is 0 Å². The Morgan fingerprint density at radius 2 is 2.04 bits per heavy atom. The molecule has 2 unspecified atom stereocenters. The van der Waals surface area contributed by atoms with Gasteiger partial charge in [-0.1, -0.05) is 18.6 Å². The van der Waals surface area contributed by atoms with Crippen molar-refractivity contribution in [3.8, 4) is 0 Å². The molecule has 1 aliphatic carbocycles. The van der Waals surface area contributed by atoms with Crippen LogP contribution in [0.4, 0.5) is 5.69 Å². The Morgan fingerprint density at radius 3 is 2.74 bits per heavy atom. The molecule has 0 heterocycles. The summed E-state index contributed by atoms with van der Waals surface area (Å²) in [6, 6.07) is 7.58. The Bertz CT molecular complexity index is 556. The first-order valence-electron chi connectivity index (χ1n) is 8.20. The molecule has 0 aliphatic heterocycles. The van der Waals surface area contributed by atoms with E-state index in [0.717, 1.165) is 24.1 Å². The Labute approximate surface area is 137 Å². The van der Waals surface area contributed by atoms with Gasteiger partial charge in [0.15, 0.2) is 0 Å². The average Bonchev–Trinajstić information content (AvgIpc) is 2.53. The summed E-state index contributed by atoms with van der Waals surface area (Å²) in [5.41, 5.74) is 1.74. The number of aliphatic carboxylic acids is 1. The standard InChI is InChI=1S/C18H25NO4/c1-12(2)23-11-13-5-3-8-16(9-13)19-17(20)14-6-4-7-15(10-14)18(21)22/h3,5,8-9,12,14-15H,4,6-7,10-11H2,1-2H3,(H,19,20)(H,21,22). The molecule has 1 amide bonds. The van der Waals surface area contributed by atoms with Crippen LogP contribution in [-0.2, 0) is 20.9 Å². The molecule has 2 N–H and O–H groups in total. The van der Waals surface area contributed by atoms with Crippen molar-refractivity contribution in [3.05, 3.63) is 29.8 Å². The van der Waals surface area contributed by atoms with Gasteiger partial charge in [0.1, 0.15) is 0 Å². The largest absolute Gasteiger partial charge is 0.481 e. The summed E-state index contributed by atoms with van der Waals surface area (Å²) in [6.45, 7) is 4.47. The molecule has 0 radical (unpaired) electrons. The van der Waals surface area contributed by atoms with Crippen LogP contribution in [0.3, 0.4) is 0 Å². The number of carboxylic acid groups (broad SMARTS) is 1. The Morgan fingerprint density at radius 1 is 1.30 bits per heavy atom. The molecule has 1 aromatic rings. The van der Waals surface area contributed by atoms with E-state index in [9.17, 15) is 9.59 Å². The number of nitrogens with one attached hydrogen (secondary N) is 1. The van der Waals surface area contributed by atoms with Gasteiger partial charge < -0.3 is 15.2 Å². The lowest BCUT2D eigenvalue weighted by atomic mass is 9.81. The molecule has 1 aromatic carbocycles. The van der Waals surface area contributed by atoms with Gasteiger partial charge in [-0.2, -0.15) is 0 Å². The molecular weight excluding hydrogens is 294 g/mol. The van der Waals surface area contributed by atoms with Gasteiger partial charge in [0, 0.05) is 11.6 Å². The summed E-state index contributed by atoms with van der Waals surface area (Å²) >= 11 is 0. The van der Waals surface area contributed by atoms with E-state index in [4.69, 9.17) is 9.84 Å². The fourth-order valence-electron chi connectivity index (χ4n) is 2.90. The van der Waals surface area contributed by atoms with Crippen molar-refractivity contribution in [2.45, 2.75) is 52.2 Å². The highest BCUT2D eigenvalue weighted by Crippen LogP contribution is 2.30. The van der Waals surface area contributed by atoms with E-state index in [-0.39, 0.29) is 17.9 Å². The lowest BCUT2D eigenvalue weighted by Gasteiger charge is -2.25. The summed E-state index contributed by atoms with van der Waals surface area (Å²) < 4.78 is 5.57. The molecule has 1 aliphatic rings. The SMILES string of the molecule is CC(C)OCc1cccc(NC(=O)C2CCCC(C(=O)O)C2)c1. The molecule has 5 heteroatoms. The van der Waals surface area contributed by atoms with Crippen LogP contribution in [0.5, 0.6) is 0 Å². The second kappa shape index (κ2) is 8.11. The molecule has 126 valence electrons. The number of hydrogen-bond donors (Lipinski definition) is 2. The van der Waals surface area contributed by atoms with Crippen LogP contribution in [0, 0.1) is 11.8 Å². The molecule has 2 rings (SSSR count). The van der Waals surface area contributed by atoms with Crippen LogP contribution in [0.15, 0.2) is 24.3 Å². The third-order valence-electron chi connectivity index (χ3n) is 4.17. The monoisotopic (exact) mass is 319 g/mol. The first kappa shape index (κ1) is 17.5. The second-order valence-electron chi connectivity index (χ2n) is 6.45. The molecule has 0 aromatic heterocycles. The Kier molecular flexibility index (Phi) is 6.16. The zero-order valence-electron chi connectivity index (χ0n) is 13.7. The maximum Gasteiger partial charge on any atom is 0.306 e. The smallest absolute Gasteiger partial charge is 0.306 e. The summed E-state index contributed by atoms with van der Waals surface area (Å²) in [6.07, 6.45) is 2.80. The minimum atomic E-state index is -0.796. The van der Waals surface area contributed by atoms with Gasteiger partial charge in [0.05, 0.1) is 18.6 Å². The predicted octanol–water partition coefficient (Wildman–Crippen LogP) is 3.44. The van der Waals surface area contributed by atoms with Gasteiger partial charge in [-0.3, -0.25) is 9.59 Å². The summed E-state index contributed by atoms with van der Waals surface area (Å²) in [5.74, 6) is -1.50. The number of carbonyl (C=O) groups excluding carboxylic acids is 1. The molecular formula is C18H25NO4. The number of ether oxygens (including phenoxy) is 1. The number of anilines is 1. The van der Waals surface area contributed by atoms with Crippen molar-refractivity contribution in [3.63, 3.8) is 0 Å². The van der Waals surface area contributed by atoms with Gasteiger partial charge in [0.25, 0.3) is 0 Å². The molecule has 0 bridgehead atoms. The molecule has 0 saturated heterocycles. The minimum absolute atomic E-state index is 0.0853. The fraction of sp³-hybridized carbons (Fsp3) is 0.556. The Hall–Kier alpha value is -1.88. The first-order chi connectivity index (χ1) is 11.0. The number of amides is 1. The normalized spacial score (nSPS) is 21.2. The van der Waals surface area contributed by atoms with Crippen molar-refractivity contribution >= 4 is 17.6 Å². The fourth-order valence-corrected chi connectivity index (χ4v) is 2.90.